The first kappa shape index (κ1) is 26.2. The van der Waals surface area contributed by atoms with Crippen LogP contribution in [-0.2, 0) is 19.0 Å². The molecule has 1 aliphatic carbocycles. The topological polar surface area (TPSA) is 180 Å². The molecule has 2 heterocycles. The minimum Gasteiger partial charge on any atom is -0.505 e. The van der Waals surface area contributed by atoms with Crippen LogP contribution in [0.3, 0.4) is 0 Å². The van der Waals surface area contributed by atoms with Gasteiger partial charge in [-0.05, 0) is 39.3 Å². The van der Waals surface area contributed by atoms with Crippen molar-refractivity contribution in [2.75, 3.05) is 12.4 Å². The minimum absolute atomic E-state index is 0.00371. The van der Waals surface area contributed by atoms with Crippen LogP contribution in [0.4, 0.5) is 10.5 Å². The third-order valence-electron chi connectivity index (χ3n) is 6.32. The zero-order chi connectivity index (χ0) is 27.1. The van der Waals surface area contributed by atoms with Gasteiger partial charge in [0.2, 0.25) is 6.29 Å². The Morgan fingerprint density at radius 1 is 1.27 bits per heavy atom. The predicted molar refractivity (Wildman–Crippen MR) is 130 cm³/mol. The predicted octanol–water partition coefficient (Wildman–Crippen LogP) is 1.99. The lowest BCUT2D eigenvalue weighted by Crippen LogP contribution is -2.65. The van der Waals surface area contributed by atoms with Gasteiger partial charge in [0.1, 0.15) is 17.4 Å². The van der Waals surface area contributed by atoms with Crippen LogP contribution in [-0.4, -0.2) is 59.5 Å². The lowest BCUT2D eigenvalue weighted by molar-refractivity contribution is -0.304. The maximum Gasteiger partial charge on any atom is 0.404 e. The number of amides is 2. The molecule has 198 valence electrons. The number of carbonyl (C=O) groups is 2. The van der Waals surface area contributed by atoms with Crippen molar-refractivity contribution in [2.24, 2.45) is 5.73 Å². The van der Waals surface area contributed by atoms with Crippen LogP contribution < -0.4 is 21.4 Å². The smallest absolute Gasteiger partial charge is 0.404 e. The van der Waals surface area contributed by atoms with Gasteiger partial charge in [-0.3, -0.25) is 4.79 Å². The number of fused-ring (bicyclic) bond motifs is 1. The number of aryl methyl sites for hydroxylation is 1. The van der Waals surface area contributed by atoms with E-state index >= 15 is 0 Å². The van der Waals surface area contributed by atoms with Crippen LogP contribution in [0.2, 0.25) is 0 Å². The van der Waals surface area contributed by atoms with E-state index in [-0.39, 0.29) is 22.4 Å². The largest absolute Gasteiger partial charge is 0.505 e. The van der Waals surface area contributed by atoms with E-state index in [9.17, 15) is 24.6 Å². The van der Waals surface area contributed by atoms with Crippen molar-refractivity contribution in [3.05, 3.63) is 51.9 Å². The maximum absolute atomic E-state index is 12.7. The summed E-state index contributed by atoms with van der Waals surface area (Å²) in [5.74, 6) is -0.840. The van der Waals surface area contributed by atoms with Crippen molar-refractivity contribution in [3.63, 3.8) is 0 Å². The summed E-state index contributed by atoms with van der Waals surface area (Å²) in [6.07, 6.45) is -0.449. The van der Waals surface area contributed by atoms with Crippen LogP contribution in [0.15, 0.2) is 45.1 Å². The van der Waals surface area contributed by atoms with E-state index in [1.807, 2.05) is 0 Å². The van der Waals surface area contributed by atoms with E-state index in [4.69, 9.17) is 29.1 Å². The Morgan fingerprint density at radius 3 is 2.62 bits per heavy atom. The molecule has 1 fully saturated rings. The Labute approximate surface area is 211 Å². The molecule has 0 bridgehead atoms. The number of methoxy groups -OCH3 is 1. The van der Waals surface area contributed by atoms with Gasteiger partial charge in [0.05, 0.1) is 11.0 Å². The molecule has 1 aromatic carbocycles. The number of nitrogens with one attached hydrogen (secondary N) is 1. The van der Waals surface area contributed by atoms with Crippen molar-refractivity contribution in [1.82, 2.24) is 0 Å². The van der Waals surface area contributed by atoms with Gasteiger partial charge in [0.15, 0.2) is 23.6 Å². The number of ether oxygens (including phenoxy) is 4. The molecule has 0 radical (unpaired) electrons. The number of aromatic hydroxyl groups is 1. The first-order chi connectivity index (χ1) is 17.4. The summed E-state index contributed by atoms with van der Waals surface area (Å²) in [4.78, 5) is 36.5. The van der Waals surface area contributed by atoms with E-state index < -0.39 is 53.6 Å². The summed E-state index contributed by atoms with van der Waals surface area (Å²) in [5, 5.41) is 24.2. The highest BCUT2D eigenvalue weighted by molar-refractivity contribution is 6.06. The number of hydrogen-bond donors (Lipinski definition) is 4. The van der Waals surface area contributed by atoms with Crippen LogP contribution in [0.1, 0.15) is 25.8 Å². The molecule has 0 unspecified atom stereocenters. The average molecular weight is 517 g/mol. The molecular weight excluding hydrogens is 488 g/mol. The molecule has 1 aromatic heterocycles. The molecular formula is C25H28N2O10. The quantitative estimate of drug-likeness (QED) is 0.415. The Hall–Kier alpha value is -3.87. The lowest BCUT2D eigenvalue weighted by atomic mass is 9.89. The summed E-state index contributed by atoms with van der Waals surface area (Å²) >= 11 is 0. The molecule has 12 nitrogen and oxygen atoms in total. The van der Waals surface area contributed by atoms with Gasteiger partial charge in [0, 0.05) is 18.2 Å². The second kappa shape index (κ2) is 9.88. The molecule has 5 N–H and O–H groups in total. The average Bonchev–Trinajstić information content (AvgIpc) is 3.36. The number of aliphatic hydroxyl groups is 1. The van der Waals surface area contributed by atoms with Crippen LogP contribution >= 0.6 is 0 Å². The van der Waals surface area contributed by atoms with E-state index in [1.54, 1.807) is 39.0 Å². The summed E-state index contributed by atoms with van der Waals surface area (Å²) in [6, 6.07) is 2.90. The molecule has 4 atom stereocenters. The van der Waals surface area contributed by atoms with Gasteiger partial charge >= 0.3 is 11.7 Å². The lowest BCUT2D eigenvalue weighted by Gasteiger charge is -2.47. The number of carbonyl (C=O) groups excluding carboxylic acids is 2. The monoisotopic (exact) mass is 516 g/mol. The molecule has 1 aliphatic heterocycles. The fourth-order valence-electron chi connectivity index (χ4n) is 4.48. The van der Waals surface area contributed by atoms with E-state index in [2.05, 4.69) is 5.32 Å². The van der Waals surface area contributed by atoms with Gasteiger partial charge in [-0.2, -0.15) is 0 Å². The highest BCUT2D eigenvalue weighted by Crippen LogP contribution is 2.38. The number of benzene rings is 1. The summed E-state index contributed by atoms with van der Waals surface area (Å²) in [6.45, 7) is 4.90. The highest BCUT2D eigenvalue weighted by atomic mass is 16.7. The Morgan fingerprint density at radius 2 is 2.00 bits per heavy atom. The molecule has 12 heteroatoms. The minimum atomic E-state index is -1.49. The number of allylic oxidation sites excluding steroid dienone is 3. The number of aliphatic hydroxyl groups excluding tert-OH is 1. The highest BCUT2D eigenvalue weighted by Gasteiger charge is 2.53. The second-order valence-electron chi connectivity index (χ2n) is 9.21. The normalized spacial score (nSPS) is 24.5. The summed E-state index contributed by atoms with van der Waals surface area (Å²) < 4.78 is 27.7. The Kier molecular flexibility index (Phi) is 7.00. The summed E-state index contributed by atoms with van der Waals surface area (Å²) in [5.41, 5.74) is 3.51. The number of primary amides is 1. The fraction of sp³-hybridized carbons (Fsp3) is 0.400. The van der Waals surface area contributed by atoms with Crippen molar-refractivity contribution < 1.29 is 43.2 Å². The summed E-state index contributed by atoms with van der Waals surface area (Å²) in [7, 11) is 1.38. The van der Waals surface area contributed by atoms with Gasteiger partial charge in [0.25, 0.3) is 5.91 Å². The number of anilines is 1. The maximum atomic E-state index is 12.7. The van der Waals surface area contributed by atoms with Gasteiger partial charge in [-0.1, -0.05) is 18.2 Å². The first-order valence-corrected chi connectivity index (χ1v) is 11.4. The third kappa shape index (κ3) is 4.90. The number of rotatable bonds is 6. The Bertz CT molecular complexity index is 1360. The first-order valence-electron chi connectivity index (χ1n) is 11.4. The number of nitrogens with two attached hydrogens (primary N) is 1. The molecule has 2 aromatic rings. The number of hydrogen-bond acceptors (Lipinski definition) is 10. The fourth-order valence-corrected chi connectivity index (χ4v) is 4.48. The van der Waals surface area contributed by atoms with Crippen molar-refractivity contribution in [1.29, 1.82) is 0 Å². The van der Waals surface area contributed by atoms with Gasteiger partial charge in [-0.15, -0.1) is 0 Å². The zero-order valence-electron chi connectivity index (χ0n) is 20.6. The van der Waals surface area contributed by atoms with E-state index in [0.717, 1.165) is 0 Å². The van der Waals surface area contributed by atoms with Crippen molar-refractivity contribution in [3.8, 4) is 11.5 Å². The second-order valence-corrected chi connectivity index (χ2v) is 9.21. The molecule has 2 aliphatic rings. The van der Waals surface area contributed by atoms with Crippen molar-refractivity contribution >= 4 is 28.7 Å². The van der Waals surface area contributed by atoms with E-state index in [1.165, 1.54) is 19.2 Å². The standard InChI is InChI=1S/C25H28N2O10/c1-11-14(34-23-17(29)19(36-24(26)32)20(33-4)25(2,3)37-23)10-9-13-16(28)15(22(31)35-18(11)13)27-21(30)12-7-5-6-8-12/h5-7,9-10,17,19-20,23,28-29H,8H2,1-4H3,(H2,26,32)(H,27,30)/t17-,19+,20-,23-/m1/s1. The van der Waals surface area contributed by atoms with Crippen LogP contribution in [0.25, 0.3) is 11.0 Å². The third-order valence-corrected chi connectivity index (χ3v) is 6.32. The molecule has 0 spiro atoms. The Balaban J connectivity index is 1.65. The molecule has 0 saturated carbocycles. The van der Waals surface area contributed by atoms with Crippen molar-refractivity contribution in [2.45, 2.75) is 57.4 Å². The molecule has 2 amide bonds. The SMILES string of the molecule is CO[C@@H]1[C@@H](OC(N)=O)[C@@H](O)[C@H](Oc2ccc3c(O)c(NC(=O)C4=CC=CC4)c(=O)oc3c2C)OC1(C)C. The van der Waals surface area contributed by atoms with Gasteiger partial charge in [-0.25, -0.2) is 9.59 Å². The van der Waals surface area contributed by atoms with Crippen LogP contribution in [0, 0.1) is 6.92 Å². The van der Waals surface area contributed by atoms with Gasteiger partial charge < -0.3 is 44.6 Å². The molecule has 1 saturated heterocycles. The molecule has 37 heavy (non-hydrogen) atoms. The van der Waals surface area contributed by atoms with E-state index in [0.29, 0.717) is 17.6 Å². The zero-order valence-corrected chi connectivity index (χ0v) is 20.6. The van der Waals surface area contributed by atoms with Crippen LogP contribution in [0.5, 0.6) is 11.5 Å². The molecule has 4 rings (SSSR count).